The van der Waals surface area contributed by atoms with E-state index in [0.717, 1.165) is 0 Å². The summed E-state index contributed by atoms with van der Waals surface area (Å²) in [7, 11) is 3.02. The van der Waals surface area contributed by atoms with E-state index in [-0.39, 0.29) is 12.3 Å². The predicted molar refractivity (Wildman–Crippen MR) is 152 cm³/mol. The zero-order valence-corrected chi connectivity index (χ0v) is 23.5. The van der Waals surface area contributed by atoms with Gasteiger partial charge in [-0.05, 0) is 69.7 Å². The van der Waals surface area contributed by atoms with Gasteiger partial charge in [0.25, 0.3) is 0 Å². The van der Waals surface area contributed by atoms with Crippen molar-refractivity contribution in [3.8, 4) is 11.5 Å². The van der Waals surface area contributed by atoms with Crippen LogP contribution in [0.4, 0.5) is 5.69 Å². The van der Waals surface area contributed by atoms with Gasteiger partial charge in [-0.3, -0.25) is 19.3 Å². The average Bonchev–Trinajstić information content (AvgIpc) is 3.32. The van der Waals surface area contributed by atoms with Gasteiger partial charge in [0.2, 0.25) is 11.8 Å². The maximum Gasteiger partial charge on any atom is 0.249 e. The quantitative estimate of drug-likeness (QED) is 0.312. The first-order valence-corrected chi connectivity index (χ1v) is 12.8. The number of para-hydroxylation sites is 1. The van der Waals surface area contributed by atoms with E-state index in [1.807, 2.05) is 39.0 Å². The van der Waals surface area contributed by atoms with Crippen LogP contribution in [0, 0.1) is 0 Å². The summed E-state index contributed by atoms with van der Waals surface area (Å²) >= 11 is 0. The molecule has 4 aromatic rings. The molecule has 1 atom stereocenters. The Bertz CT molecular complexity index is 1530. The van der Waals surface area contributed by atoms with Gasteiger partial charge in [0.1, 0.15) is 29.6 Å². The molecule has 0 saturated carbocycles. The third-order valence-corrected chi connectivity index (χ3v) is 6.20. The molecule has 0 aliphatic carbocycles. The highest BCUT2D eigenvalue weighted by molar-refractivity contribution is 6.03. The number of aromatic nitrogens is 3. The van der Waals surface area contributed by atoms with Crippen LogP contribution in [0.2, 0.25) is 0 Å². The van der Waals surface area contributed by atoms with Gasteiger partial charge in [-0.25, -0.2) is 4.68 Å². The average molecular weight is 544 g/mol. The summed E-state index contributed by atoms with van der Waals surface area (Å²) in [5, 5.41) is 11.3. The molecule has 0 unspecified atom stereocenters. The maximum absolute atomic E-state index is 14.2. The van der Waals surface area contributed by atoms with Crippen molar-refractivity contribution >= 4 is 34.3 Å². The van der Waals surface area contributed by atoms with Crippen LogP contribution in [0.3, 0.4) is 0 Å². The molecular formula is C30H33N5O5. The molecule has 0 aliphatic heterocycles. The lowest BCUT2D eigenvalue weighted by molar-refractivity contribution is -0.128. The van der Waals surface area contributed by atoms with E-state index in [4.69, 9.17) is 9.47 Å². The molecule has 1 heterocycles. The van der Waals surface area contributed by atoms with Crippen molar-refractivity contribution in [2.45, 2.75) is 45.8 Å². The molecule has 10 nitrogen and oxygen atoms in total. The Kier molecular flexibility index (Phi) is 8.18. The number of hydrogen-bond acceptors (Lipinski definition) is 7. The summed E-state index contributed by atoms with van der Waals surface area (Å²) in [5.74, 6) is -0.125. The fourth-order valence-corrected chi connectivity index (χ4v) is 4.39. The van der Waals surface area contributed by atoms with Crippen LogP contribution in [0.25, 0.3) is 11.0 Å². The number of carbonyl (C=O) groups is 3. The van der Waals surface area contributed by atoms with E-state index in [1.54, 1.807) is 48.5 Å². The van der Waals surface area contributed by atoms with Crippen LogP contribution in [-0.2, 0) is 16.1 Å². The number of carbonyl (C=O) groups excluding carboxylic acids is 3. The summed E-state index contributed by atoms with van der Waals surface area (Å²) in [6, 6.07) is 17.9. The number of rotatable bonds is 9. The van der Waals surface area contributed by atoms with E-state index >= 15 is 0 Å². The monoisotopic (exact) mass is 543 g/mol. The summed E-state index contributed by atoms with van der Waals surface area (Å²) in [6.45, 7) is 6.82. The number of amides is 2. The maximum atomic E-state index is 14.2. The van der Waals surface area contributed by atoms with Crippen molar-refractivity contribution in [1.82, 2.24) is 20.3 Å². The zero-order chi connectivity index (χ0) is 29.0. The molecule has 0 spiro atoms. The molecule has 4 rings (SSSR count). The number of benzene rings is 3. The molecule has 40 heavy (non-hydrogen) atoms. The van der Waals surface area contributed by atoms with Crippen LogP contribution in [-0.4, -0.2) is 52.3 Å². The van der Waals surface area contributed by atoms with E-state index in [2.05, 4.69) is 15.6 Å². The van der Waals surface area contributed by atoms with Crippen molar-refractivity contribution in [3.05, 3.63) is 77.9 Å². The van der Waals surface area contributed by atoms with Gasteiger partial charge in [-0.2, -0.15) is 0 Å². The lowest BCUT2D eigenvalue weighted by Crippen LogP contribution is -2.50. The third kappa shape index (κ3) is 6.28. The normalized spacial score (nSPS) is 12.1. The number of anilines is 1. The smallest absolute Gasteiger partial charge is 0.249 e. The SMILES string of the molecule is COc1cc(OC)cc([C@H](C(=O)NC(C)(C)C)N(C(=O)Cn2nnc3ccccc32)c2cccc(C(C)=O)c2)c1. The number of ketones is 1. The Morgan fingerprint density at radius 2 is 1.62 bits per heavy atom. The van der Waals surface area contributed by atoms with Crippen LogP contribution in [0.5, 0.6) is 11.5 Å². The van der Waals surface area contributed by atoms with Crippen LogP contribution in [0.1, 0.15) is 49.7 Å². The number of hydrogen-bond donors (Lipinski definition) is 1. The Hall–Kier alpha value is -4.73. The minimum Gasteiger partial charge on any atom is -0.497 e. The summed E-state index contributed by atoms with van der Waals surface area (Å²) in [4.78, 5) is 41.9. The standard InChI is InChI=1S/C30H33N5O5/c1-19(36)20-10-9-11-22(14-20)35(27(37)18-34-26-13-8-7-12-25(26)32-33-34)28(29(38)31-30(2,3)4)21-15-23(39-5)17-24(16-21)40-6/h7-17,28H,18H2,1-6H3,(H,31,38)/t28-/m1/s1. The van der Waals surface area contributed by atoms with Crippen LogP contribution in [0.15, 0.2) is 66.7 Å². The van der Waals surface area contributed by atoms with Crippen LogP contribution >= 0.6 is 0 Å². The van der Waals surface area contributed by atoms with Gasteiger partial charge in [-0.1, -0.05) is 29.5 Å². The highest BCUT2D eigenvalue weighted by Gasteiger charge is 2.35. The lowest BCUT2D eigenvalue weighted by Gasteiger charge is -2.34. The van der Waals surface area contributed by atoms with Gasteiger partial charge in [0.15, 0.2) is 5.78 Å². The number of nitrogens with one attached hydrogen (secondary N) is 1. The molecule has 10 heteroatoms. The number of Topliss-reactive ketones (excluding diaryl/α,β-unsaturated/α-hetero) is 1. The second kappa shape index (κ2) is 11.6. The number of fused-ring (bicyclic) bond motifs is 1. The number of nitrogens with zero attached hydrogens (tertiary/aromatic N) is 4. The van der Waals surface area contributed by atoms with Gasteiger partial charge < -0.3 is 14.8 Å². The van der Waals surface area contributed by atoms with E-state index in [9.17, 15) is 14.4 Å². The van der Waals surface area contributed by atoms with E-state index in [1.165, 1.54) is 30.7 Å². The fraction of sp³-hybridized carbons (Fsp3) is 0.300. The highest BCUT2D eigenvalue weighted by Crippen LogP contribution is 2.34. The van der Waals surface area contributed by atoms with Crippen molar-refractivity contribution in [2.24, 2.45) is 0 Å². The van der Waals surface area contributed by atoms with Crippen molar-refractivity contribution in [1.29, 1.82) is 0 Å². The zero-order valence-electron chi connectivity index (χ0n) is 23.5. The topological polar surface area (TPSA) is 116 Å². The largest absolute Gasteiger partial charge is 0.497 e. The first-order chi connectivity index (χ1) is 19.0. The molecule has 0 radical (unpaired) electrons. The number of ether oxygens (including phenoxy) is 2. The second-order valence-electron chi connectivity index (χ2n) is 10.4. The molecule has 0 saturated heterocycles. The Labute approximate surface area is 232 Å². The Balaban J connectivity index is 1.92. The van der Waals surface area contributed by atoms with Gasteiger partial charge in [0.05, 0.1) is 19.7 Å². The molecule has 0 fully saturated rings. The number of methoxy groups -OCH3 is 2. The first-order valence-electron chi connectivity index (χ1n) is 12.8. The first kappa shape index (κ1) is 28.3. The second-order valence-corrected chi connectivity index (χ2v) is 10.4. The minimum absolute atomic E-state index is 0.171. The fourth-order valence-electron chi connectivity index (χ4n) is 4.39. The van der Waals surface area contributed by atoms with Crippen molar-refractivity contribution in [2.75, 3.05) is 19.1 Å². The summed E-state index contributed by atoms with van der Waals surface area (Å²) < 4.78 is 12.4. The molecule has 0 aliphatic rings. The van der Waals surface area contributed by atoms with E-state index in [0.29, 0.717) is 39.3 Å². The van der Waals surface area contributed by atoms with Crippen molar-refractivity contribution in [3.63, 3.8) is 0 Å². The highest BCUT2D eigenvalue weighted by atomic mass is 16.5. The van der Waals surface area contributed by atoms with Gasteiger partial charge >= 0.3 is 0 Å². The molecule has 2 amide bonds. The Morgan fingerprint density at radius 3 is 2.25 bits per heavy atom. The third-order valence-electron chi connectivity index (χ3n) is 6.20. The Morgan fingerprint density at radius 1 is 0.950 bits per heavy atom. The van der Waals surface area contributed by atoms with Gasteiger partial charge in [0, 0.05) is 22.9 Å². The van der Waals surface area contributed by atoms with E-state index < -0.39 is 23.4 Å². The van der Waals surface area contributed by atoms with Crippen LogP contribution < -0.4 is 19.7 Å². The predicted octanol–water partition coefficient (Wildman–Crippen LogP) is 4.34. The van der Waals surface area contributed by atoms with Crippen molar-refractivity contribution < 1.29 is 23.9 Å². The molecule has 0 bridgehead atoms. The summed E-state index contributed by atoms with van der Waals surface area (Å²) in [6.07, 6.45) is 0. The molecule has 208 valence electrons. The molecule has 1 aromatic heterocycles. The summed E-state index contributed by atoms with van der Waals surface area (Å²) in [5.41, 5.74) is 1.95. The molecule has 1 N–H and O–H groups in total. The lowest BCUT2D eigenvalue weighted by atomic mass is 9.99. The molecule has 3 aromatic carbocycles. The van der Waals surface area contributed by atoms with Gasteiger partial charge in [-0.15, -0.1) is 5.10 Å². The minimum atomic E-state index is -1.15. The molecular weight excluding hydrogens is 510 g/mol.